The van der Waals surface area contributed by atoms with Gasteiger partial charge in [0.05, 0.1) is 5.56 Å². The zero-order valence-electron chi connectivity index (χ0n) is 12.8. The van der Waals surface area contributed by atoms with Gasteiger partial charge >= 0.3 is 0 Å². The van der Waals surface area contributed by atoms with Crippen LogP contribution in [0, 0.1) is 0 Å². The molecular formula is C15H24Cl2N4O. The number of hydrogen-bond donors (Lipinski definition) is 1. The Hall–Kier alpha value is -1.04. The summed E-state index contributed by atoms with van der Waals surface area (Å²) < 4.78 is 0. The van der Waals surface area contributed by atoms with Crippen LogP contribution in [0.25, 0.3) is 0 Å². The molecule has 0 aromatic carbocycles. The molecule has 2 aliphatic heterocycles. The summed E-state index contributed by atoms with van der Waals surface area (Å²) in [7, 11) is 0. The van der Waals surface area contributed by atoms with Crippen molar-refractivity contribution in [3.8, 4) is 0 Å². The van der Waals surface area contributed by atoms with Crippen LogP contribution in [0.2, 0.25) is 0 Å². The number of nitrogens with zero attached hydrogens (tertiary/aromatic N) is 3. The van der Waals surface area contributed by atoms with E-state index in [9.17, 15) is 4.79 Å². The first-order valence-electron chi connectivity index (χ1n) is 7.48. The second kappa shape index (κ2) is 8.56. The molecule has 1 aromatic heterocycles. The summed E-state index contributed by atoms with van der Waals surface area (Å²) in [5, 5.41) is 3.37. The van der Waals surface area contributed by atoms with Crippen LogP contribution in [0.3, 0.4) is 0 Å². The molecule has 22 heavy (non-hydrogen) atoms. The molecule has 7 heteroatoms. The van der Waals surface area contributed by atoms with Gasteiger partial charge in [0.25, 0.3) is 5.91 Å². The molecule has 1 atom stereocenters. The molecule has 124 valence electrons. The molecular weight excluding hydrogens is 323 g/mol. The van der Waals surface area contributed by atoms with Crippen molar-refractivity contribution in [3.05, 3.63) is 23.9 Å². The van der Waals surface area contributed by atoms with E-state index in [2.05, 4.69) is 22.1 Å². The third-order valence-electron chi connectivity index (χ3n) is 4.08. The van der Waals surface area contributed by atoms with Crippen molar-refractivity contribution in [3.63, 3.8) is 0 Å². The first-order chi connectivity index (χ1) is 9.75. The number of halogens is 2. The number of anilines is 1. The monoisotopic (exact) mass is 346 g/mol. The highest BCUT2D eigenvalue weighted by molar-refractivity contribution is 5.99. The predicted octanol–water partition coefficient (Wildman–Crippen LogP) is 1.96. The van der Waals surface area contributed by atoms with Crippen LogP contribution in [0.5, 0.6) is 0 Å². The molecule has 2 aliphatic rings. The smallest absolute Gasteiger partial charge is 0.257 e. The summed E-state index contributed by atoms with van der Waals surface area (Å²) in [5.74, 6) is 0.981. The van der Waals surface area contributed by atoms with Crippen molar-refractivity contribution >= 4 is 36.5 Å². The standard InChI is InChI=1S/C15H22N4O.2ClH/c1-12-11-19(10-7-16-12)15(20)13-5-4-6-17-14(13)18-8-2-3-9-18;;/h4-6,12,16H,2-3,7-11H2,1H3;2*1H. The van der Waals surface area contributed by atoms with Crippen LogP contribution in [0.1, 0.15) is 30.1 Å². The lowest BCUT2D eigenvalue weighted by Gasteiger charge is -2.32. The lowest BCUT2D eigenvalue weighted by molar-refractivity contribution is 0.0709. The van der Waals surface area contributed by atoms with E-state index in [0.29, 0.717) is 6.04 Å². The Bertz CT molecular complexity index is 494. The summed E-state index contributed by atoms with van der Waals surface area (Å²) in [6, 6.07) is 4.13. The fourth-order valence-electron chi connectivity index (χ4n) is 3.03. The maximum atomic E-state index is 12.8. The van der Waals surface area contributed by atoms with Gasteiger partial charge in [0.15, 0.2) is 0 Å². The number of hydrogen-bond acceptors (Lipinski definition) is 4. The van der Waals surface area contributed by atoms with Crippen molar-refractivity contribution in [2.24, 2.45) is 0 Å². The highest BCUT2D eigenvalue weighted by Crippen LogP contribution is 2.23. The molecule has 1 amide bonds. The van der Waals surface area contributed by atoms with Crippen molar-refractivity contribution in [1.29, 1.82) is 0 Å². The van der Waals surface area contributed by atoms with Gasteiger partial charge < -0.3 is 15.1 Å². The number of rotatable bonds is 2. The molecule has 0 spiro atoms. The van der Waals surface area contributed by atoms with E-state index in [4.69, 9.17) is 0 Å². The van der Waals surface area contributed by atoms with E-state index < -0.39 is 0 Å². The summed E-state index contributed by atoms with van der Waals surface area (Å²) >= 11 is 0. The van der Waals surface area contributed by atoms with Crippen LogP contribution in [-0.4, -0.2) is 54.6 Å². The van der Waals surface area contributed by atoms with Gasteiger partial charge in [0, 0.05) is 45.0 Å². The van der Waals surface area contributed by atoms with E-state index in [1.54, 1.807) is 6.20 Å². The Balaban J connectivity index is 0.00000121. The normalized spacial score (nSPS) is 21.0. The lowest BCUT2D eigenvalue weighted by atomic mass is 10.1. The average molecular weight is 347 g/mol. The number of amides is 1. The van der Waals surface area contributed by atoms with Gasteiger partial charge in [-0.3, -0.25) is 4.79 Å². The molecule has 1 N–H and O–H groups in total. The fourth-order valence-corrected chi connectivity index (χ4v) is 3.03. The lowest BCUT2D eigenvalue weighted by Crippen LogP contribution is -2.51. The topological polar surface area (TPSA) is 48.5 Å². The molecule has 5 nitrogen and oxygen atoms in total. The molecule has 0 saturated carbocycles. The molecule has 0 aliphatic carbocycles. The molecule has 2 fully saturated rings. The molecule has 0 bridgehead atoms. The molecule has 2 saturated heterocycles. The van der Waals surface area contributed by atoms with Crippen LogP contribution < -0.4 is 10.2 Å². The van der Waals surface area contributed by atoms with Gasteiger partial charge in [0.2, 0.25) is 0 Å². The van der Waals surface area contributed by atoms with Gasteiger partial charge in [-0.05, 0) is 31.9 Å². The zero-order chi connectivity index (χ0) is 13.9. The van der Waals surface area contributed by atoms with Crippen LogP contribution >= 0.6 is 24.8 Å². The van der Waals surface area contributed by atoms with Crippen molar-refractivity contribution in [2.75, 3.05) is 37.6 Å². The number of piperazine rings is 1. The number of nitrogens with one attached hydrogen (secondary N) is 1. The third-order valence-corrected chi connectivity index (χ3v) is 4.08. The van der Waals surface area contributed by atoms with Gasteiger partial charge in [-0.1, -0.05) is 0 Å². The number of pyridine rings is 1. The van der Waals surface area contributed by atoms with Crippen LogP contribution in [0.4, 0.5) is 5.82 Å². The Morgan fingerprint density at radius 2 is 2.00 bits per heavy atom. The Labute approximate surface area is 144 Å². The predicted molar refractivity (Wildman–Crippen MR) is 93.5 cm³/mol. The largest absolute Gasteiger partial charge is 0.356 e. The molecule has 3 heterocycles. The summed E-state index contributed by atoms with van der Waals surface area (Å²) in [5.41, 5.74) is 0.753. The first-order valence-corrected chi connectivity index (χ1v) is 7.48. The van der Waals surface area contributed by atoms with Gasteiger partial charge in [-0.2, -0.15) is 0 Å². The van der Waals surface area contributed by atoms with E-state index in [0.717, 1.165) is 44.1 Å². The van der Waals surface area contributed by atoms with E-state index in [1.165, 1.54) is 12.8 Å². The maximum absolute atomic E-state index is 12.8. The second-order valence-electron chi connectivity index (χ2n) is 5.68. The van der Waals surface area contributed by atoms with Gasteiger partial charge in [-0.25, -0.2) is 4.98 Å². The molecule has 1 aromatic rings. The highest BCUT2D eigenvalue weighted by atomic mass is 35.5. The molecule has 0 radical (unpaired) electrons. The Kier molecular flexibility index (Phi) is 7.39. The Morgan fingerprint density at radius 3 is 2.68 bits per heavy atom. The highest BCUT2D eigenvalue weighted by Gasteiger charge is 2.26. The average Bonchev–Trinajstić information content (AvgIpc) is 3.00. The van der Waals surface area contributed by atoms with E-state index in [1.807, 2.05) is 17.0 Å². The number of carbonyl (C=O) groups is 1. The first kappa shape index (κ1) is 19.0. The number of carbonyl (C=O) groups excluding carboxylic acids is 1. The van der Waals surface area contributed by atoms with Crippen molar-refractivity contribution in [1.82, 2.24) is 15.2 Å². The quantitative estimate of drug-likeness (QED) is 0.889. The zero-order valence-corrected chi connectivity index (χ0v) is 14.5. The fraction of sp³-hybridized carbons (Fsp3) is 0.600. The molecule has 3 rings (SSSR count). The maximum Gasteiger partial charge on any atom is 0.257 e. The summed E-state index contributed by atoms with van der Waals surface area (Å²) in [4.78, 5) is 21.4. The van der Waals surface area contributed by atoms with Crippen molar-refractivity contribution < 1.29 is 4.79 Å². The van der Waals surface area contributed by atoms with Gasteiger partial charge in [0.1, 0.15) is 5.82 Å². The number of aromatic nitrogens is 1. The van der Waals surface area contributed by atoms with E-state index in [-0.39, 0.29) is 30.7 Å². The van der Waals surface area contributed by atoms with Crippen LogP contribution in [0.15, 0.2) is 18.3 Å². The summed E-state index contributed by atoms with van der Waals surface area (Å²) in [6.45, 7) is 6.55. The minimum Gasteiger partial charge on any atom is -0.356 e. The SMILES string of the molecule is CC1CN(C(=O)c2cccnc2N2CCCC2)CCN1.Cl.Cl. The minimum atomic E-state index is 0. The van der Waals surface area contributed by atoms with Crippen LogP contribution in [-0.2, 0) is 0 Å². The Morgan fingerprint density at radius 1 is 1.27 bits per heavy atom. The molecule has 1 unspecified atom stereocenters. The van der Waals surface area contributed by atoms with E-state index >= 15 is 0 Å². The van der Waals surface area contributed by atoms with Gasteiger partial charge in [-0.15, -0.1) is 24.8 Å². The van der Waals surface area contributed by atoms with Crippen molar-refractivity contribution in [2.45, 2.75) is 25.8 Å². The summed E-state index contributed by atoms with van der Waals surface area (Å²) in [6.07, 6.45) is 4.16. The minimum absolute atomic E-state index is 0. The third kappa shape index (κ3) is 4.03. The second-order valence-corrected chi connectivity index (χ2v) is 5.68.